The molecule has 1 amide bonds. The summed E-state index contributed by atoms with van der Waals surface area (Å²) in [6, 6.07) is 10.5. The zero-order valence-electron chi connectivity index (χ0n) is 16.9. The Morgan fingerprint density at radius 3 is 2.59 bits per heavy atom. The van der Waals surface area contributed by atoms with Gasteiger partial charge < -0.3 is 16.0 Å². The third-order valence-corrected chi connectivity index (χ3v) is 5.07. The van der Waals surface area contributed by atoms with Crippen LogP contribution in [0.25, 0.3) is 0 Å². The molecule has 1 saturated carbocycles. The summed E-state index contributed by atoms with van der Waals surface area (Å²) in [6.45, 7) is 1.58. The maximum Gasteiger partial charge on any atom is 0.239 e. The average molecular weight is 510 g/mol. The van der Waals surface area contributed by atoms with Gasteiger partial charge in [0.2, 0.25) is 5.91 Å². The summed E-state index contributed by atoms with van der Waals surface area (Å²) < 4.78 is 1.90. The fourth-order valence-corrected chi connectivity index (χ4v) is 3.54. The molecule has 0 bridgehead atoms. The molecule has 7 nitrogen and oxygen atoms in total. The summed E-state index contributed by atoms with van der Waals surface area (Å²) in [5.41, 5.74) is 2.37. The fraction of sp³-hybridized carbons (Fsp3) is 0.476. The molecular formula is C21H31IN6O. The van der Waals surface area contributed by atoms with E-state index in [0.29, 0.717) is 18.5 Å². The average Bonchev–Trinajstić information content (AvgIpc) is 3.23. The van der Waals surface area contributed by atoms with Gasteiger partial charge in [0.05, 0.1) is 13.1 Å². The van der Waals surface area contributed by atoms with Crippen LogP contribution in [0.4, 0.5) is 0 Å². The molecule has 1 aromatic heterocycles. The molecule has 1 heterocycles. The van der Waals surface area contributed by atoms with Gasteiger partial charge in [-0.3, -0.25) is 14.5 Å². The summed E-state index contributed by atoms with van der Waals surface area (Å²) in [6.07, 6.45) is 9.61. The molecule has 29 heavy (non-hydrogen) atoms. The van der Waals surface area contributed by atoms with Gasteiger partial charge in [0, 0.05) is 32.0 Å². The molecule has 2 aromatic rings. The third kappa shape index (κ3) is 7.68. The number of guanidine groups is 1. The van der Waals surface area contributed by atoms with Crippen molar-refractivity contribution in [2.45, 2.75) is 51.2 Å². The van der Waals surface area contributed by atoms with Crippen LogP contribution in [0.2, 0.25) is 0 Å². The Bertz CT molecular complexity index is 771. The highest BCUT2D eigenvalue weighted by atomic mass is 127. The Morgan fingerprint density at radius 2 is 1.90 bits per heavy atom. The molecule has 0 spiro atoms. The lowest BCUT2D eigenvalue weighted by molar-refractivity contribution is -0.120. The molecule has 0 atom stereocenters. The SMILES string of the molecule is CN=C(NCC(=O)NC1CCCCC1)NCc1ccccc1Cn1cccn1.I. The number of carbonyl (C=O) groups excluding carboxylic acids is 1. The maximum atomic E-state index is 12.2. The Balaban J connectivity index is 0.00000300. The molecular weight excluding hydrogens is 479 g/mol. The Labute approximate surface area is 189 Å². The maximum absolute atomic E-state index is 12.2. The van der Waals surface area contributed by atoms with Gasteiger partial charge in [-0.2, -0.15) is 5.10 Å². The predicted molar refractivity (Wildman–Crippen MR) is 126 cm³/mol. The highest BCUT2D eigenvalue weighted by Crippen LogP contribution is 2.17. The van der Waals surface area contributed by atoms with Crippen LogP contribution in [-0.2, 0) is 17.9 Å². The first-order valence-electron chi connectivity index (χ1n) is 10.0. The van der Waals surface area contributed by atoms with Gasteiger partial charge in [0.1, 0.15) is 0 Å². The first-order chi connectivity index (χ1) is 13.7. The highest BCUT2D eigenvalue weighted by Gasteiger charge is 2.15. The number of nitrogens with zero attached hydrogens (tertiary/aromatic N) is 3. The van der Waals surface area contributed by atoms with Crippen LogP contribution in [0.3, 0.4) is 0 Å². The number of carbonyl (C=O) groups is 1. The van der Waals surface area contributed by atoms with E-state index in [9.17, 15) is 4.79 Å². The predicted octanol–water partition coefficient (Wildman–Crippen LogP) is 2.66. The smallest absolute Gasteiger partial charge is 0.239 e. The van der Waals surface area contributed by atoms with Crippen LogP contribution in [0.15, 0.2) is 47.7 Å². The van der Waals surface area contributed by atoms with Crippen LogP contribution in [0, 0.1) is 0 Å². The lowest BCUT2D eigenvalue weighted by Gasteiger charge is -2.23. The van der Waals surface area contributed by atoms with Crippen molar-refractivity contribution >= 4 is 35.8 Å². The topological polar surface area (TPSA) is 83.3 Å². The summed E-state index contributed by atoms with van der Waals surface area (Å²) in [4.78, 5) is 16.4. The van der Waals surface area contributed by atoms with Gasteiger partial charge in [-0.25, -0.2) is 0 Å². The van der Waals surface area contributed by atoms with Crippen LogP contribution < -0.4 is 16.0 Å². The van der Waals surface area contributed by atoms with E-state index >= 15 is 0 Å². The van der Waals surface area contributed by atoms with E-state index in [2.05, 4.69) is 38.2 Å². The quantitative estimate of drug-likeness (QED) is 0.304. The molecule has 0 aliphatic heterocycles. The van der Waals surface area contributed by atoms with Crippen molar-refractivity contribution in [2.75, 3.05) is 13.6 Å². The number of nitrogens with one attached hydrogen (secondary N) is 3. The lowest BCUT2D eigenvalue weighted by atomic mass is 9.95. The van der Waals surface area contributed by atoms with E-state index in [0.717, 1.165) is 19.4 Å². The van der Waals surface area contributed by atoms with Gasteiger partial charge in [-0.1, -0.05) is 43.5 Å². The summed E-state index contributed by atoms with van der Waals surface area (Å²) >= 11 is 0. The second kappa shape index (κ2) is 12.5. The normalized spacial score (nSPS) is 14.7. The first kappa shape index (κ1) is 23.2. The van der Waals surface area contributed by atoms with Crippen molar-refractivity contribution in [3.05, 3.63) is 53.9 Å². The Morgan fingerprint density at radius 1 is 1.14 bits per heavy atom. The van der Waals surface area contributed by atoms with Gasteiger partial charge in [0.25, 0.3) is 0 Å². The van der Waals surface area contributed by atoms with Gasteiger partial charge >= 0.3 is 0 Å². The minimum absolute atomic E-state index is 0. The Kier molecular flexibility index (Phi) is 9.96. The van der Waals surface area contributed by atoms with Crippen LogP contribution >= 0.6 is 24.0 Å². The van der Waals surface area contributed by atoms with Crippen LogP contribution in [-0.4, -0.2) is 41.3 Å². The molecule has 3 N–H and O–H groups in total. The molecule has 8 heteroatoms. The number of hydrogen-bond acceptors (Lipinski definition) is 3. The number of rotatable bonds is 7. The molecule has 0 saturated heterocycles. The number of benzene rings is 1. The van der Waals surface area contributed by atoms with E-state index in [1.165, 1.54) is 30.4 Å². The van der Waals surface area contributed by atoms with Crippen molar-refractivity contribution in [3.8, 4) is 0 Å². The molecule has 0 unspecified atom stereocenters. The van der Waals surface area contributed by atoms with Crippen molar-refractivity contribution in [3.63, 3.8) is 0 Å². The Hall–Kier alpha value is -2.10. The van der Waals surface area contributed by atoms with Crippen molar-refractivity contribution in [2.24, 2.45) is 4.99 Å². The minimum atomic E-state index is 0. The van der Waals surface area contributed by atoms with Crippen molar-refractivity contribution < 1.29 is 4.79 Å². The van der Waals surface area contributed by atoms with Gasteiger partial charge in [0.15, 0.2) is 5.96 Å². The van der Waals surface area contributed by atoms with Crippen LogP contribution in [0.5, 0.6) is 0 Å². The second-order valence-corrected chi connectivity index (χ2v) is 7.15. The summed E-state index contributed by atoms with van der Waals surface area (Å²) in [7, 11) is 1.71. The fourth-order valence-electron chi connectivity index (χ4n) is 3.54. The van der Waals surface area contributed by atoms with E-state index < -0.39 is 0 Å². The van der Waals surface area contributed by atoms with E-state index in [-0.39, 0.29) is 36.4 Å². The molecule has 1 fully saturated rings. The number of halogens is 1. The standard InChI is InChI=1S/C21H30N6O.HI/c1-22-21(24-15-20(28)26-19-10-3-2-4-11-19)23-14-17-8-5-6-9-18(17)16-27-13-7-12-25-27;/h5-9,12-13,19H,2-4,10-11,14-16H2,1H3,(H,26,28)(H2,22,23,24);1H. The highest BCUT2D eigenvalue weighted by molar-refractivity contribution is 14.0. The summed E-state index contributed by atoms with van der Waals surface area (Å²) in [5, 5.41) is 13.8. The zero-order chi connectivity index (χ0) is 19.6. The van der Waals surface area contributed by atoms with Crippen LogP contribution in [0.1, 0.15) is 43.2 Å². The van der Waals surface area contributed by atoms with Crippen molar-refractivity contribution in [1.29, 1.82) is 0 Å². The number of aliphatic imine (C=N–C) groups is 1. The third-order valence-electron chi connectivity index (χ3n) is 5.07. The second-order valence-electron chi connectivity index (χ2n) is 7.15. The lowest BCUT2D eigenvalue weighted by Crippen LogP contribution is -2.45. The number of hydrogen-bond donors (Lipinski definition) is 3. The molecule has 1 aliphatic rings. The van der Waals surface area contributed by atoms with Crippen molar-refractivity contribution in [1.82, 2.24) is 25.7 Å². The first-order valence-corrected chi connectivity index (χ1v) is 10.0. The van der Waals surface area contributed by atoms with Gasteiger partial charge in [-0.05, 0) is 30.0 Å². The van der Waals surface area contributed by atoms with E-state index in [1.54, 1.807) is 13.2 Å². The minimum Gasteiger partial charge on any atom is -0.352 e. The molecule has 0 radical (unpaired) electrons. The monoisotopic (exact) mass is 510 g/mol. The van der Waals surface area contributed by atoms with E-state index in [1.807, 2.05) is 29.1 Å². The molecule has 1 aliphatic carbocycles. The largest absolute Gasteiger partial charge is 0.352 e. The number of amides is 1. The number of aromatic nitrogens is 2. The molecule has 158 valence electrons. The van der Waals surface area contributed by atoms with E-state index in [4.69, 9.17) is 0 Å². The summed E-state index contributed by atoms with van der Waals surface area (Å²) in [5.74, 6) is 0.640. The molecule has 1 aromatic carbocycles. The zero-order valence-corrected chi connectivity index (χ0v) is 19.3. The van der Waals surface area contributed by atoms with Gasteiger partial charge in [-0.15, -0.1) is 24.0 Å². The molecule has 3 rings (SSSR count).